The maximum atomic E-state index is 11.9. The van der Waals surface area contributed by atoms with E-state index in [9.17, 15) is 4.79 Å². The molecule has 2 nitrogen and oxygen atoms in total. The van der Waals surface area contributed by atoms with Crippen LogP contribution in [0.2, 0.25) is 0 Å². The van der Waals surface area contributed by atoms with E-state index in [0.717, 1.165) is 5.56 Å². The number of hydrogen-bond acceptors (Lipinski definition) is 1. The van der Waals surface area contributed by atoms with E-state index in [0.29, 0.717) is 12.4 Å². The van der Waals surface area contributed by atoms with Gasteiger partial charge in [-0.05, 0) is 44.4 Å². The van der Waals surface area contributed by atoms with E-state index in [4.69, 9.17) is 11.6 Å². The Morgan fingerprint density at radius 2 is 2.00 bits per heavy atom. The minimum absolute atomic E-state index is 0.00611. The molecule has 0 bridgehead atoms. The van der Waals surface area contributed by atoms with Crippen molar-refractivity contribution >= 4 is 17.5 Å². The maximum Gasteiger partial charge on any atom is 0.227 e. The summed E-state index contributed by atoms with van der Waals surface area (Å²) in [5.74, 6) is 0.319. The minimum Gasteiger partial charge on any atom is -0.352 e. The topological polar surface area (TPSA) is 29.1 Å². The summed E-state index contributed by atoms with van der Waals surface area (Å²) in [6.07, 6.45) is 0. The van der Waals surface area contributed by atoms with Gasteiger partial charge in [-0.1, -0.05) is 18.2 Å². The number of aryl methyl sites for hydroxylation is 1. The van der Waals surface area contributed by atoms with E-state index >= 15 is 0 Å². The molecule has 1 aromatic carbocycles. The number of halogens is 1. The van der Waals surface area contributed by atoms with Crippen molar-refractivity contribution in [2.24, 2.45) is 5.41 Å². The molecule has 0 spiro atoms. The van der Waals surface area contributed by atoms with E-state index in [-0.39, 0.29) is 5.91 Å². The fraction of sp³-hybridized carbons (Fsp3) is 0.500. The third kappa shape index (κ3) is 3.47. The Morgan fingerprint density at radius 3 is 2.59 bits per heavy atom. The first-order valence-electron chi connectivity index (χ1n) is 5.78. The van der Waals surface area contributed by atoms with Crippen molar-refractivity contribution < 1.29 is 4.79 Å². The number of amides is 1. The van der Waals surface area contributed by atoms with Crippen LogP contribution in [-0.4, -0.2) is 11.8 Å². The molecule has 0 saturated heterocycles. The molecule has 0 atom stereocenters. The summed E-state index contributed by atoms with van der Waals surface area (Å²) in [6, 6.07) is 6.12. The van der Waals surface area contributed by atoms with Crippen LogP contribution in [-0.2, 0) is 11.3 Å². The zero-order valence-corrected chi connectivity index (χ0v) is 11.7. The van der Waals surface area contributed by atoms with Crippen molar-refractivity contribution in [2.75, 3.05) is 5.88 Å². The van der Waals surface area contributed by atoms with Crippen molar-refractivity contribution in [3.05, 3.63) is 34.9 Å². The van der Waals surface area contributed by atoms with Gasteiger partial charge in [0.1, 0.15) is 0 Å². The van der Waals surface area contributed by atoms with E-state index in [1.54, 1.807) is 0 Å². The quantitative estimate of drug-likeness (QED) is 0.821. The van der Waals surface area contributed by atoms with Crippen LogP contribution >= 0.6 is 11.6 Å². The summed E-state index contributed by atoms with van der Waals surface area (Å²) in [7, 11) is 0. The summed E-state index contributed by atoms with van der Waals surface area (Å²) in [4.78, 5) is 11.9. The summed E-state index contributed by atoms with van der Waals surface area (Å²) < 4.78 is 0. The van der Waals surface area contributed by atoms with Crippen LogP contribution in [0.4, 0.5) is 0 Å². The molecule has 3 heteroatoms. The zero-order valence-electron chi connectivity index (χ0n) is 10.9. The first-order valence-corrected chi connectivity index (χ1v) is 6.31. The lowest BCUT2D eigenvalue weighted by Gasteiger charge is -2.20. The van der Waals surface area contributed by atoms with Gasteiger partial charge in [-0.15, -0.1) is 11.6 Å². The molecule has 1 rings (SSSR count). The van der Waals surface area contributed by atoms with Crippen LogP contribution in [0.1, 0.15) is 30.5 Å². The van der Waals surface area contributed by atoms with Gasteiger partial charge in [0.2, 0.25) is 5.91 Å². The molecule has 1 N–H and O–H groups in total. The third-order valence-corrected chi connectivity index (χ3v) is 3.77. The van der Waals surface area contributed by atoms with Crippen LogP contribution in [0.15, 0.2) is 18.2 Å². The number of nitrogens with one attached hydrogen (secondary N) is 1. The number of hydrogen-bond donors (Lipinski definition) is 1. The highest BCUT2D eigenvalue weighted by Crippen LogP contribution is 2.18. The Balaban J connectivity index is 2.69. The first kappa shape index (κ1) is 14.0. The van der Waals surface area contributed by atoms with Crippen LogP contribution in [0, 0.1) is 19.3 Å². The van der Waals surface area contributed by atoms with Gasteiger partial charge in [-0.3, -0.25) is 4.79 Å². The van der Waals surface area contributed by atoms with Crippen LogP contribution in [0.25, 0.3) is 0 Å². The fourth-order valence-electron chi connectivity index (χ4n) is 1.48. The summed E-state index contributed by atoms with van der Waals surface area (Å²) in [5, 5.41) is 2.93. The number of carbonyl (C=O) groups excluding carboxylic acids is 1. The molecule has 0 heterocycles. The highest BCUT2D eigenvalue weighted by atomic mass is 35.5. The number of alkyl halides is 1. The van der Waals surface area contributed by atoms with Crippen LogP contribution < -0.4 is 5.32 Å². The predicted molar refractivity (Wildman–Crippen MR) is 72.3 cm³/mol. The van der Waals surface area contributed by atoms with E-state index in [1.165, 1.54) is 11.1 Å². The van der Waals surface area contributed by atoms with Gasteiger partial charge in [-0.2, -0.15) is 0 Å². The SMILES string of the molecule is Cc1cccc(CNC(=O)C(C)(C)CCl)c1C. The Morgan fingerprint density at radius 1 is 1.35 bits per heavy atom. The molecule has 0 aliphatic rings. The fourth-order valence-corrected chi connectivity index (χ4v) is 1.60. The molecule has 0 aliphatic carbocycles. The molecular formula is C14H20ClNO. The van der Waals surface area contributed by atoms with Gasteiger partial charge >= 0.3 is 0 Å². The second-order valence-electron chi connectivity index (χ2n) is 5.06. The first-order chi connectivity index (χ1) is 7.88. The lowest BCUT2D eigenvalue weighted by molar-refractivity contribution is -0.128. The molecular weight excluding hydrogens is 234 g/mol. The molecule has 0 unspecified atom stereocenters. The molecule has 0 aromatic heterocycles. The van der Waals surface area contributed by atoms with Crippen molar-refractivity contribution in [2.45, 2.75) is 34.2 Å². The normalized spacial score (nSPS) is 11.4. The number of benzene rings is 1. The zero-order chi connectivity index (χ0) is 13.1. The van der Waals surface area contributed by atoms with E-state index in [1.807, 2.05) is 26.0 Å². The third-order valence-electron chi connectivity index (χ3n) is 3.10. The summed E-state index contributed by atoms with van der Waals surface area (Å²) in [6.45, 7) is 8.40. The van der Waals surface area contributed by atoms with Gasteiger partial charge in [-0.25, -0.2) is 0 Å². The monoisotopic (exact) mass is 253 g/mol. The second-order valence-corrected chi connectivity index (χ2v) is 5.33. The highest BCUT2D eigenvalue weighted by Gasteiger charge is 2.26. The van der Waals surface area contributed by atoms with Gasteiger partial charge in [0.15, 0.2) is 0 Å². The van der Waals surface area contributed by atoms with Crippen LogP contribution in [0.5, 0.6) is 0 Å². The average Bonchev–Trinajstić information content (AvgIpc) is 2.30. The largest absolute Gasteiger partial charge is 0.352 e. The highest BCUT2D eigenvalue weighted by molar-refractivity contribution is 6.19. The standard InChI is InChI=1S/C14H20ClNO/c1-10-6-5-7-12(11(10)2)8-16-13(17)14(3,4)9-15/h5-7H,8-9H2,1-4H3,(H,16,17). The van der Waals surface area contributed by atoms with Crippen molar-refractivity contribution in [3.63, 3.8) is 0 Å². The minimum atomic E-state index is -0.515. The second kappa shape index (κ2) is 5.54. The smallest absolute Gasteiger partial charge is 0.227 e. The van der Waals surface area contributed by atoms with Crippen LogP contribution in [0.3, 0.4) is 0 Å². The van der Waals surface area contributed by atoms with Gasteiger partial charge < -0.3 is 5.32 Å². The Labute approximate surface area is 108 Å². The summed E-state index contributed by atoms with van der Waals surface area (Å²) >= 11 is 5.77. The predicted octanol–water partition coefficient (Wildman–Crippen LogP) is 3.18. The van der Waals surface area contributed by atoms with Crippen molar-refractivity contribution in [3.8, 4) is 0 Å². The molecule has 1 aromatic rings. The Bertz CT molecular complexity index is 413. The lowest BCUT2D eigenvalue weighted by atomic mass is 9.95. The molecule has 1 amide bonds. The Kier molecular flexibility index (Phi) is 4.58. The molecule has 0 saturated carbocycles. The molecule has 0 fully saturated rings. The number of rotatable bonds is 4. The van der Waals surface area contributed by atoms with E-state index < -0.39 is 5.41 Å². The van der Waals surface area contributed by atoms with Gasteiger partial charge in [0.05, 0.1) is 5.41 Å². The average molecular weight is 254 g/mol. The molecule has 94 valence electrons. The van der Waals surface area contributed by atoms with Crippen molar-refractivity contribution in [1.82, 2.24) is 5.32 Å². The van der Waals surface area contributed by atoms with Gasteiger partial charge in [0, 0.05) is 12.4 Å². The Hall–Kier alpha value is -1.02. The molecule has 0 aliphatic heterocycles. The molecule has 0 radical (unpaired) electrons. The molecule has 17 heavy (non-hydrogen) atoms. The van der Waals surface area contributed by atoms with E-state index in [2.05, 4.69) is 25.2 Å². The van der Waals surface area contributed by atoms with Gasteiger partial charge in [0.25, 0.3) is 0 Å². The van der Waals surface area contributed by atoms with Crippen molar-refractivity contribution in [1.29, 1.82) is 0 Å². The number of carbonyl (C=O) groups is 1. The summed E-state index contributed by atoms with van der Waals surface area (Å²) in [5.41, 5.74) is 3.12. The lowest BCUT2D eigenvalue weighted by Crippen LogP contribution is -2.37. The maximum absolute atomic E-state index is 11.9.